The van der Waals surface area contributed by atoms with Gasteiger partial charge in [-0.1, -0.05) is 46.3 Å². The van der Waals surface area contributed by atoms with Crippen molar-refractivity contribution < 1.29 is 14.3 Å². The van der Waals surface area contributed by atoms with Crippen molar-refractivity contribution in [3.05, 3.63) is 94.0 Å². The maximum atomic E-state index is 12.1. The normalized spacial score (nSPS) is 11.0. The lowest BCUT2D eigenvalue weighted by Gasteiger charge is -2.09. The molecule has 2 N–H and O–H groups in total. The van der Waals surface area contributed by atoms with E-state index >= 15 is 0 Å². The van der Waals surface area contributed by atoms with Gasteiger partial charge in [0.15, 0.2) is 0 Å². The zero-order chi connectivity index (χ0) is 22.2. The van der Waals surface area contributed by atoms with Crippen molar-refractivity contribution in [3.8, 4) is 5.75 Å². The number of nitrogens with one attached hydrogen (secondary N) is 2. The molecule has 0 saturated carbocycles. The molecule has 0 unspecified atom stereocenters. The highest BCUT2D eigenvalue weighted by molar-refractivity contribution is 9.10. The Labute approximate surface area is 189 Å². The number of hydrazone groups is 1. The molecule has 3 aromatic rings. The van der Waals surface area contributed by atoms with Crippen molar-refractivity contribution >= 4 is 39.1 Å². The van der Waals surface area contributed by atoms with E-state index in [1.807, 2.05) is 67.6 Å². The topological polar surface area (TPSA) is 79.8 Å². The molecule has 0 fully saturated rings. The number of anilines is 1. The number of amides is 2. The van der Waals surface area contributed by atoms with Crippen LogP contribution < -0.4 is 15.5 Å². The molecule has 0 bridgehead atoms. The summed E-state index contributed by atoms with van der Waals surface area (Å²) in [5, 5.41) is 6.60. The number of carbonyl (C=O) groups excluding carboxylic acids is 2. The van der Waals surface area contributed by atoms with Gasteiger partial charge in [0.25, 0.3) is 0 Å². The molecule has 7 heteroatoms. The van der Waals surface area contributed by atoms with Crippen LogP contribution in [0.1, 0.15) is 23.6 Å². The molecule has 158 valence electrons. The Morgan fingerprint density at radius 1 is 0.968 bits per heavy atom. The van der Waals surface area contributed by atoms with Gasteiger partial charge in [0, 0.05) is 10.2 Å². The Hall–Kier alpha value is -3.45. The van der Waals surface area contributed by atoms with E-state index in [0.29, 0.717) is 18.0 Å². The van der Waals surface area contributed by atoms with Crippen LogP contribution in [-0.4, -0.2) is 17.5 Å². The number of halogens is 1. The third-order valence-corrected chi connectivity index (χ3v) is 4.98. The van der Waals surface area contributed by atoms with E-state index in [0.717, 1.165) is 26.9 Å². The van der Waals surface area contributed by atoms with E-state index in [1.54, 1.807) is 19.1 Å². The zero-order valence-electron chi connectivity index (χ0n) is 17.2. The lowest BCUT2D eigenvalue weighted by Crippen LogP contribution is -2.33. The van der Waals surface area contributed by atoms with Gasteiger partial charge in [0.2, 0.25) is 0 Å². The SMILES string of the molecule is C/C(=N\NC(=O)C(=O)Nc1ccc(Br)cc1C)c1ccc(OCc2ccccc2)cc1. The largest absolute Gasteiger partial charge is 0.489 e. The number of benzene rings is 3. The van der Waals surface area contributed by atoms with Crippen LogP contribution >= 0.6 is 15.9 Å². The highest BCUT2D eigenvalue weighted by Crippen LogP contribution is 2.20. The van der Waals surface area contributed by atoms with Gasteiger partial charge in [-0.25, -0.2) is 5.43 Å². The number of rotatable bonds is 6. The summed E-state index contributed by atoms with van der Waals surface area (Å²) in [7, 11) is 0. The Morgan fingerprint density at radius 3 is 2.35 bits per heavy atom. The zero-order valence-corrected chi connectivity index (χ0v) is 18.8. The van der Waals surface area contributed by atoms with Crippen molar-refractivity contribution in [1.29, 1.82) is 0 Å². The van der Waals surface area contributed by atoms with Gasteiger partial charge in [0.05, 0.1) is 5.71 Å². The molecular formula is C24H22BrN3O3. The van der Waals surface area contributed by atoms with Crippen LogP contribution in [0.5, 0.6) is 5.75 Å². The van der Waals surface area contributed by atoms with E-state index in [2.05, 4.69) is 31.8 Å². The van der Waals surface area contributed by atoms with E-state index in [4.69, 9.17) is 4.74 Å². The minimum absolute atomic E-state index is 0.482. The molecule has 0 aliphatic heterocycles. The minimum Gasteiger partial charge on any atom is -0.489 e. The maximum Gasteiger partial charge on any atom is 0.329 e. The number of hydrogen-bond acceptors (Lipinski definition) is 4. The maximum absolute atomic E-state index is 12.1. The lowest BCUT2D eigenvalue weighted by molar-refractivity contribution is -0.136. The summed E-state index contributed by atoms with van der Waals surface area (Å²) in [5.41, 5.74) is 6.15. The van der Waals surface area contributed by atoms with Crippen LogP contribution in [0.4, 0.5) is 5.69 Å². The van der Waals surface area contributed by atoms with Gasteiger partial charge >= 0.3 is 11.8 Å². The fraction of sp³-hybridized carbons (Fsp3) is 0.125. The summed E-state index contributed by atoms with van der Waals surface area (Å²) in [6, 6.07) is 22.6. The fourth-order valence-electron chi connectivity index (χ4n) is 2.73. The average Bonchev–Trinajstić information content (AvgIpc) is 2.78. The van der Waals surface area contributed by atoms with Gasteiger partial charge in [-0.2, -0.15) is 5.10 Å². The Balaban J connectivity index is 1.54. The third-order valence-electron chi connectivity index (χ3n) is 4.49. The predicted molar refractivity (Wildman–Crippen MR) is 125 cm³/mol. The van der Waals surface area contributed by atoms with Gasteiger partial charge < -0.3 is 10.1 Å². The summed E-state index contributed by atoms with van der Waals surface area (Å²) >= 11 is 3.36. The lowest BCUT2D eigenvalue weighted by atomic mass is 10.1. The molecule has 0 radical (unpaired) electrons. The fourth-order valence-corrected chi connectivity index (χ4v) is 3.21. The van der Waals surface area contributed by atoms with Crippen LogP contribution in [-0.2, 0) is 16.2 Å². The van der Waals surface area contributed by atoms with Gasteiger partial charge in [0.1, 0.15) is 12.4 Å². The molecule has 31 heavy (non-hydrogen) atoms. The van der Waals surface area contributed by atoms with Crippen molar-refractivity contribution in [3.63, 3.8) is 0 Å². The van der Waals surface area contributed by atoms with Gasteiger partial charge in [-0.15, -0.1) is 0 Å². The standard InChI is InChI=1S/C24H22BrN3O3/c1-16-14-20(25)10-13-22(16)26-23(29)24(30)28-27-17(2)19-8-11-21(12-9-19)31-15-18-6-4-3-5-7-18/h3-14H,15H2,1-2H3,(H,26,29)(H,28,30)/b27-17+. The number of carbonyl (C=O) groups is 2. The molecule has 0 spiro atoms. The van der Waals surface area contributed by atoms with Gasteiger partial charge in [-0.05, 0) is 73.0 Å². The molecular weight excluding hydrogens is 458 g/mol. The minimum atomic E-state index is -0.843. The van der Waals surface area contributed by atoms with Crippen LogP contribution in [0.3, 0.4) is 0 Å². The smallest absolute Gasteiger partial charge is 0.329 e. The average molecular weight is 480 g/mol. The van der Waals surface area contributed by atoms with Crippen molar-refractivity contribution in [2.45, 2.75) is 20.5 Å². The van der Waals surface area contributed by atoms with Crippen molar-refractivity contribution in [2.24, 2.45) is 5.10 Å². The van der Waals surface area contributed by atoms with Crippen LogP contribution in [0, 0.1) is 6.92 Å². The van der Waals surface area contributed by atoms with Crippen molar-refractivity contribution in [2.75, 3.05) is 5.32 Å². The van der Waals surface area contributed by atoms with Gasteiger partial charge in [-0.3, -0.25) is 9.59 Å². The quantitative estimate of drug-likeness (QED) is 0.302. The number of nitrogens with zero attached hydrogens (tertiary/aromatic N) is 1. The van der Waals surface area contributed by atoms with E-state index in [-0.39, 0.29) is 0 Å². The Kier molecular flexibility index (Phi) is 7.56. The molecule has 3 rings (SSSR count). The first kappa shape index (κ1) is 22.2. The number of aryl methyl sites for hydroxylation is 1. The Morgan fingerprint density at radius 2 is 1.68 bits per heavy atom. The monoisotopic (exact) mass is 479 g/mol. The summed E-state index contributed by atoms with van der Waals surface area (Å²) in [6.07, 6.45) is 0. The predicted octanol–water partition coefficient (Wildman–Crippen LogP) is 4.82. The number of ether oxygens (including phenoxy) is 1. The summed E-state index contributed by atoms with van der Waals surface area (Å²) in [6.45, 7) is 4.07. The second-order valence-electron chi connectivity index (χ2n) is 6.85. The van der Waals surface area contributed by atoms with Crippen molar-refractivity contribution in [1.82, 2.24) is 5.43 Å². The molecule has 0 aromatic heterocycles. The molecule has 0 heterocycles. The van der Waals surface area contributed by atoms with Crippen LogP contribution in [0.15, 0.2) is 82.4 Å². The van der Waals surface area contributed by atoms with Crippen LogP contribution in [0.25, 0.3) is 0 Å². The van der Waals surface area contributed by atoms with E-state index in [1.165, 1.54) is 0 Å². The molecule has 0 aliphatic rings. The summed E-state index contributed by atoms with van der Waals surface area (Å²) in [5.74, 6) is -0.898. The number of hydrogen-bond donors (Lipinski definition) is 2. The summed E-state index contributed by atoms with van der Waals surface area (Å²) < 4.78 is 6.66. The van der Waals surface area contributed by atoms with E-state index in [9.17, 15) is 9.59 Å². The molecule has 0 aliphatic carbocycles. The Bertz CT molecular complexity index is 1100. The second kappa shape index (κ2) is 10.5. The molecule has 6 nitrogen and oxygen atoms in total. The van der Waals surface area contributed by atoms with E-state index < -0.39 is 11.8 Å². The third kappa shape index (κ3) is 6.52. The highest BCUT2D eigenvalue weighted by atomic mass is 79.9. The molecule has 3 aromatic carbocycles. The molecule has 0 atom stereocenters. The highest BCUT2D eigenvalue weighted by Gasteiger charge is 2.14. The first-order chi connectivity index (χ1) is 14.9. The first-order valence-corrected chi connectivity index (χ1v) is 10.4. The first-order valence-electron chi connectivity index (χ1n) is 9.61. The molecule has 2 amide bonds. The summed E-state index contributed by atoms with van der Waals surface area (Å²) in [4.78, 5) is 24.2. The van der Waals surface area contributed by atoms with Crippen LogP contribution in [0.2, 0.25) is 0 Å². The second-order valence-corrected chi connectivity index (χ2v) is 7.77. The molecule has 0 saturated heterocycles.